The van der Waals surface area contributed by atoms with Gasteiger partial charge >= 0.3 is 5.97 Å². The molecule has 0 aromatic carbocycles. The Labute approximate surface area is 163 Å². The van der Waals surface area contributed by atoms with Crippen LogP contribution < -0.4 is 4.90 Å². The molecule has 7 nitrogen and oxygen atoms in total. The summed E-state index contributed by atoms with van der Waals surface area (Å²) in [6.45, 7) is 6.13. The van der Waals surface area contributed by atoms with Crippen molar-refractivity contribution >= 4 is 33.1 Å². The first kappa shape index (κ1) is 19.8. The fraction of sp³-hybridized carbons (Fsp3) is 0.444. The first-order chi connectivity index (χ1) is 12.9. The highest BCUT2D eigenvalue weighted by Gasteiger charge is 2.28. The van der Waals surface area contributed by atoms with Crippen LogP contribution in [0.5, 0.6) is 0 Å². The van der Waals surface area contributed by atoms with Crippen LogP contribution in [-0.2, 0) is 14.8 Å². The van der Waals surface area contributed by atoms with E-state index in [9.17, 15) is 13.2 Å². The number of ether oxygens (including phenoxy) is 1. The predicted molar refractivity (Wildman–Crippen MR) is 105 cm³/mol. The van der Waals surface area contributed by atoms with E-state index in [0.717, 1.165) is 10.7 Å². The molecular weight excluding hydrogens is 386 g/mol. The topological polar surface area (TPSA) is 79.8 Å². The van der Waals surface area contributed by atoms with E-state index in [4.69, 9.17) is 4.74 Å². The van der Waals surface area contributed by atoms with E-state index in [-0.39, 0.29) is 0 Å². The molecule has 0 aliphatic carbocycles. The molecule has 0 radical (unpaired) electrons. The summed E-state index contributed by atoms with van der Waals surface area (Å²) in [7, 11) is -3.45. The van der Waals surface area contributed by atoms with Gasteiger partial charge in [-0.15, -0.1) is 11.3 Å². The predicted octanol–water partition coefficient (Wildman–Crippen LogP) is 2.53. The molecule has 0 saturated carbocycles. The van der Waals surface area contributed by atoms with Crippen molar-refractivity contribution in [3.05, 3.63) is 40.9 Å². The summed E-state index contributed by atoms with van der Waals surface area (Å²) in [6, 6.07) is 6.97. The number of carbonyl (C=O) groups is 1. The van der Waals surface area contributed by atoms with Crippen LogP contribution >= 0.6 is 11.3 Å². The molecule has 1 aliphatic heterocycles. The maximum atomic E-state index is 12.8. The normalized spacial score (nSPS) is 16.1. The highest BCUT2D eigenvalue weighted by molar-refractivity contribution is 7.91. The Morgan fingerprint density at radius 1 is 1.19 bits per heavy atom. The van der Waals surface area contributed by atoms with Gasteiger partial charge in [0.15, 0.2) is 0 Å². The van der Waals surface area contributed by atoms with Gasteiger partial charge in [0.1, 0.15) is 10.0 Å². The minimum atomic E-state index is -3.45. The van der Waals surface area contributed by atoms with Gasteiger partial charge < -0.3 is 9.64 Å². The van der Waals surface area contributed by atoms with Gasteiger partial charge in [-0.2, -0.15) is 4.31 Å². The Balaban J connectivity index is 1.69. The molecular formula is C18H23N3O4S2. The van der Waals surface area contributed by atoms with Crippen molar-refractivity contribution in [3.8, 4) is 0 Å². The maximum absolute atomic E-state index is 12.8. The van der Waals surface area contributed by atoms with Crippen LogP contribution in [0.3, 0.4) is 0 Å². The molecule has 3 heterocycles. The summed E-state index contributed by atoms with van der Waals surface area (Å²) < 4.78 is 32.6. The number of hydrogen-bond acceptors (Lipinski definition) is 7. The van der Waals surface area contributed by atoms with Crippen LogP contribution in [0.2, 0.25) is 0 Å². The number of nitrogens with zero attached hydrogens (tertiary/aromatic N) is 3. The number of pyridine rings is 1. The molecule has 1 aliphatic rings. The molecule has 1 fully saturated rings. The van der Waals surface area contributed by atoms with Crippen LogP contribution in [0.15, 0.2) is 34.7 Å². The lowest BCUT2D eigenvalue weighted by Gasteiger charge is -2.22. The summed E-state index contributed by atoms with van der Waals surface area (Å²) >= 11 is 1.30. The average Bonchev–Trinajstić information content (AvgIpc) is 2.95. The molecule has 0 unspecified atom stereocenters. The van der Waals surface area contributed by atoms with E-state index in [1.807, 2.05) is 17.9 Å². The standard InChI is InChI=1S/C18H23N3O4S2/c1-3-25-18(22)15-6-7-16(19-13-15)20-9-4-10-21(12-11-20)27(23,24)17-8-5-14(2)26-17/h5-8,13H,3-4,9-12H2,1-2H3. The quantitative estimate of drug-likeness (QED) is 0.706. The first-order valence-electron chi connectivity index (χ1n) is 8.86. The van der Waals surface area contributed by atoms with Crippen LogP contribution in [0.4, 0.5) is 5.82 Å². The third kappa shape index (κ3) is 4.48. The average molecular weight is 410 g/mol. The number of aryl methyl sites for hydroxylation is 1. The summed E-state index contributed by atoms with van der Waals surface area (Å²) in [6.07, 6.45) is 2.21. The van der Waals surface area contributed by atoms with Crippen molar-refractivity contribution in [2.45, 2.75) is 24.5 Å². The Morgan fingerprint density at radius 2 is 2.00 bits per heavy atom. The zero-order valence-electron chi connectivity index (χ0n) is 15.4. The molecule has 2 aromatic heterocycles. The molecule has 146 valence electrons. The second-order valence-corrected chi connectivity index (χ2v) is 9.69. The number of rotatable bonds is 5. The summed E-state index contributed by atoms with van der Waals surface area (Å²) in [4.78, 5) is 19.1. The first-order valence-corrected chi connectivity index (χ1v) is 11.1. The van der Waals surface area contributed by atoms with Crippen LogP contribution in [0, 0.1) is 6.92 Å². The molecule has 0 bridgehead atoms. The highest BCUT2D eigenvalue weighted by Crippen LogP contribution is 2.25. The fourth-order valence-electron chi connectivity index (χ4n) is 2.95. The van der Waals surface area contributed by atoms with Gasteiger partial charge in [0, 0.05) is 37.3 Å². The lowest BCUT2D eigenvalue weighted by molar-refractivity contribution is 0.0526. The lowest BCUT2D eigenvalue weighted by atomic mass is 10.2. The van der Waals surface area contributed by atoms with E-state index >= 15 is 0 Å². The molecule has 0 spiro atoms. The minimum Gasteiger partial charge on any atom is -0.462 e. The third-order valence-electron chi connectivity index (χ3n) is 4.35. The van der Waals surface area contributed by atoms with Crippen molar-refractivity contribution in [3.63, 3.8) is 0 Å². The van der Waals surface area contributed by atoms with Crippen LogP contribution in [0.1, 0.15) is 28.6 Å². The number of hydrogen-bond donors (Lipinski definition) is 0. The summed E-state index contributed by atoms with van der Waals surface area (Å²) in [5, 5.41) is 0. The number of thiophene rings is 1. The minimum absolute atomic E-state index is 0.320. The van der Waals surface area contributed by atoms with Gasteiger partial charge in [-0.3, -0.25) is 0 Å². The molecule has 27 heavy (non-hydrogen) atoms. The number of anilines is 1. The Hall–Kier alpha value is -1.97. The van der Waals surface area contributed by atoms with Gasteiger partial charge in [-0.25, -0.2) is 18.2 Å². The monoisotopic (exact) mass is 409 g/mol. The van der Waals surface area contributed by atoms with E-state index in [1.54, 1.807) is 29.4 Å². The molecule has 0 N–H and O–H groups in total. The van der Waals surface area contributed by atoms with Crippen molar-refractivity contribution in [1.29, 1.82) is 0 Å². The number of carbonyl (C=O) groups excluding carboxylic acids is 1. The zero-order chi connectivity index (χ0) is 19.4. The number of aromatic nitrogens is 1. The smallest absolute Gasteiger partial charge is 0.339 e. The van der Waals surface area contributed by atoms with Crippen LogP contribution in [-0.4, -0.2) is 56.5 Å². The molecule has 0 atom stereocenters. The van der Waals surface area contributed by atoms with Gasteiger partial charge in [-0.1, -0.05) is 0 Å². The number of sulfonamides is 1. The maximum Gasteiger partial charge on any atom is 0.339 e. The SMILES string of the molecule is CCOC(=O)c1ccc(N2CCCN(S(=O)(=O)c3ccc(C)s3)CC2)nc1. The highest BCUT2D eigenvalue weighted by atomic mass is 32.2. The van der Waals surface area contributed by atoms with Crippen molar-refractivity contribution in [2.75, 3.05) is 37.7 Å². The molecule has 3 rings (SSSR count). The van der Waals surface area contributed by atoms with Crippen molar-refractivity contribution in [1.82, 2.24) is 9.29 Å². The molecule has 2 aromatic rings. The van der Waals surface area contributed by atoms with Crippen molar-refractivity contribution in [2.24, 2.45) is 0 Å². The van der Waals surface area contributed by atoms with Gasteiger partial charge in [0.05, 0.1) is 12.2 Å². The Bertz CT molecular complexity index is 894. The zero-order valence-corrected chi connectivity index (χ0v) is 17.1. The summed E-state index contributed by atoms with van der Waals surface area (Å²) in [5.74, 6) is 0.338. The van der Waals surface area contributed by atoms with E-state index in [1.165, 1.54) is 17.5 Å². The van der Waals surface area contributed by atoms with Gasteiger partial charge in [0.2, 0.25) is 0 Å². The lowest BCUT2D eigenvalue weighted by Crippen LogP contribution is -2.35. The van der Waals surface area contributed by atoms with E-state index < -0.39 is 16.0 Å². The summed E-state index contributed by atoms with van der Waals surface area (Å²) in [5.41, 5.74) is 0.410. The molecule has 9 heteroatoms. The molecule has 0 amide bonds. The Kier molecular flexibility index (Phi) is 6.13. The second kappa shape index (κ2) is 8.37. The fourth-order valence-corrected chi connectivity index (χ4v) is 5.86. The molecule has 1 saturated heterocycles. The van der Waals surface area contributed by atoms with Gasteiger partial charge in [0.25, 0.3) is 10.0 Å². The van der Waals surface area contributed by atoms with Crippen molar-refractivity contribution < 1.29 is 17.9 Å². The Morgan fingerprint density at radius 3 is 2.63 bits per heavy atom. The van der Waals surface area contributed by atoms with E-state index in [0.29, 0.717) is 49.0 Å². The third-order valence-corrected chi connectivity index (χ3v) is 7.71. The number of esters is 1. The largest absolute Gasteiger partial charge is 0.462 e. The van der Waals surface area contributed by atoms with Crippen LogP contribution in [0.25, 0.3) is 0 Å². The second-order valence-electron chi connectivity index (χ2n) is 6.24. The van der Waals surface area contributed by atoms with Gasteiger partial charge in [-0.05, 0) is 44.5 Å². The van der Waals surface area contributed by atoms with E-state index in [2.05, 4.69) is 4.98 Å².